The van der Waals surface area contributed by atoms with Gasteiger partial charge in [-0.15, -0.1) is 0 Å². The highest BCUT2D eigenvalue weighted by Crippen LogP contribution is 2.27. The Balaban J connectivity index is 2.12. The fourth-order valence-electron chi connectivity index (χ4n) is 1.62. The van der Waals surface area contributed by atoms with Gasteiger partial charge in [-0.2, -0.15) is 0 Å². The molecule has 1 heterocycles. The van der Waals surface area contributed by atoms with Gasteiger partial charge >= 0.3 is 0 Å². The van der Waals surface area contributed by atoms with Gasteiger partial charge < -0.3 is 15.8 Å². The molecular formula is C14H14BrN3O2. The van der Waals surface area contributed by atoms with Crippen molar-refractivity contribution in [2.24, 2.45) is 5.73 Å². The van der Waals surface area contributed by atoms with Crippen LogP contribution in [0.5, 0.6) is 5.75 Å². The van der Waals surface area contributed by atoms with Crippen molar-refractivity contribution in [1.29, 1.82) is 0 Å². The number of rotatable bonds is 4. The van der Waals surface area contributed by atoms with Gasteiger partial charge in [-0.05, 0) is 45.8 Å². The summed E-state index contributed by atoms with van der Waals surface area (Å²) in [5.41, 5.74) is 7.37. The van der Waals surface area contributed by atoms with Crippen molar-refractivity contribution in [1.82, 2.24) is 4.98 Å². The molecule has 0 fully saturated rings. The van der Waals surface area contributed by atoms with Gasteiger partial charge in [0.2, 0.25) is 0 Å². The van der Waals surface area contributed by atoms with Crippen molar-refractivity contribution in [3.8, 4) is 5.75 Å². The molecule has 0 radical (unpaired) electrons. The summed E-state index contributed by atoms with van der Waals surface area (Å²) in [6, 6.07) is 8.73. The number of pyridine rings is 1. The molecule has 2 aromatic rings. The van der Waals surface area contributed by atoms with Crippen molar-refractivity contribution < 1.29 is 9.53 Å². The second kappa shape index (κ2) is 6.49. The highest BCUT2D eigenvalue weighted by atomic mass is 79.9. The molecule has 3 N–H and O–H groups in total. The molecule has 0 aliphatic rings. The fraction of sp³-hybridized carbons (Fsp3) is 0.143. The number of halogens is 1. The third-order valence-electron chi connectivity index (χ3n) is 2.70. The number of hydrogen-bond donors (Lipinski definition) is 2. The summed E-state index contributed by atoms with van der Waals surface area (Å²) in [5, 5.41) is 2.77. The SMILES string of the molecule is COc1ccc(NC(=O)c2ccc(CN)cn2)cc1Br. The Labute approximate surface area is 125 Å². The first kappa shape index (κ1) is 14.5. The molecule has 6 heteroatoms. The highest BCUT2D eigenvalue weighted by Gasteiger charge is 2.09. The highest BCUT2D eigenvalue weighted by molar-refractivity contribution is 9.10. The number of anilines is 1. The first-order chi connectivity index (χ1) is 9.63. The molecule has 1 aromatic carbocycles. The van der Waals surface area contributed by atoms with Crippen LogP contribution in [0.4, 0.5) is 5.69 Å². The number of carbonyl (C=O) groups excluding carboxylic acids is 1. The Morgan fingerprint density at radius 3 is 2.75 bits per heavy atom. The van der Waals surface area contributed by atoms with Gasteiger partial charge in [-0.25, -0.2) is 0 Å². The number of nitrogens with two attached hydrogens (primary N) is 1. The summed E-state index contributed by atoms with van der Waals surface area (Å²) in [7, 11) is 1.58. The molecule has 1 aromatic heterocycles. The summed E-state index contributed by atoms with van der Waals surface area (Å²) >= 11 is 3.37. The van der Waals surface area contributed by atoms with Crippen molar-refractivity contribution in [3.05, 3.63) is 52.3 Å². The second-order valence-corrected chi connectivity index (χ2v) is 4.91. The molecule has 2 rings (SSSR count). The monoisotopic (exact) mass is 335 g/mol. The molecular weight excluding hydrogens is 322 g/mol. The molecule has 0 spiro atoms. The molecule has 0 aliphatic heterocycles. The van der Waals surface area contributed by atoms with Crippen molar-refractivity contribution in [2.45, 2.75) is 6.54 Å². The number of ether oxygens (including phenoxy) is 1. The summed E-state index contributed by atoms with van der Waals surface area (Å²) in [6.45, 7) is 0.403. The number of aromatic nitrogens is 1. The first-order valence-electron chi connectivity index (χ1n) is 5.94. The smallest absolute Gasteiger partial charge is 0.274 e. The number of nitrogens with zero attached hydrogens (tertiary/aromatic N) is 1. The van der Waals surface area contributed by atoms with E-state index in [4.69, 9.17) is 10.5 Å². The van der Waals surface area contributed by atoms with Crippen LogP contribution < -0.4 is 15.8 Å². The van der Waals surface area contributed by atoms with Gasteiger partial charge in [0.05, 0.1) is 11.6 Å². The van der Waals surface area contributed by atoms with E-state index in [-0.39, 0.29) is 5.91 Å². The van der Waals surface area contributed by atoms with E-state index < -0.39 is 0 Å². The minimum absolute atomic E-state index is 0.273. The molecule has 5 nitrogen and oxygen atoms in total. The van der Waals surface area contributed by atoms with Crippen LogP contribution in [-0.4, -0.2) is 18.0 Å². The molecule has 1 amide bonds. The van der Waals surface area contributed by atoms with Gasteiger partial charge in [0.25, 0.3) is 5.91 Å². The van der Waals surface area contributed by atoms with Crippen LogP contribution in [0, 0.1) is 0 Å². The summed E-state index contributed by atoms with van der Waals surface area (Å²) in [5.74, 6) is 0.430. The predicted octanol–water partition coefficient (Wildman–Crippen LogP) is 2.56. The third kappa shape index (κ3) is 3.34. The predicted molar refractivity (Wildman–Crippen MR) is 80.8 cm³/mol. The van der Waals surface area contributed by atoms with E-state index in [9.17, 15) is 4.79 Å². The summed E-state index contributed by atoms with van der Waals surface area (Å²) in [6.07, 6.45) is 1.60. The lowest BCUT2D eigenvalue weighted by atomic mass is 10.2. The molecule has 0 aliphatic carbocycles. The standard InChI is InChI=1S/C14H14BrN3O2/c1-20-13-5-3-10(6-11(13)15)18-14(19)12-4-2-9(7-16)8-17-12/h2-6,8H,7,16H2,1H3,(H,18,19). The number of nitrogens with one attached hydrogen (secondary N) is 1. The lowest BCUT2D eigenvalue weighted by molar-refractivity contribution is 0.102. The normalized spacial score (nSPS) is 10.2. The maximum absolute atomic E-state index is 12.0. The molecule has 104 valence electrons. The number of hydrogen-bond acceptors (Lipinski definition) is 4. The van der Waals surface area contributed by atoms with Gasteiger partial charge in [0, 0.05) is 18.4 Å². The Morgan fingerprint density at radius 2 is 2.20 bits per heavy atom. The lowest BCUT2D eigenvalue weighted by Crippen LogP contribution is -2.14. The minimum Gasteiger partial charge on any atom is -0.496 e. The van der Waals surface area contributed by atoms with E-state index in [2.05, 4.69) is 26.2 Å². The zero-order valence-corrected chi connectivity index (χ0v) is 12.5. The van der Waals surface area contributed by atoms with Crippen LogP contribution in [-0.2, 0) is 6.54 Å². The summed E-state index contributed by atoms with van der Waals surface area (Å²) in [4.78, 5) is 16.1. The average Bonchev–Trinajstić information content (AvgIpc) is 2.47. The van der Waals surface area contributed by atoms with Crippen molar-refractivity contribution >= 4 is 27.5 Å². The van der Waals surface area contributed by atoms with Gasteiger partial charge in [-0.3, -0.25) is 9.78 Å². The molecule has 0 saturated heterocycles. The second-order valence-electron chi connectivity index (χ2n) is 4.06. The topological polar surface area (TPSA) is 77.2 Å². The van der Waals surface area contributed by atoms with E-state index in [1.807, 2.05) is 0 Å². The fourth-order valence-corrected chi connectivity index (χ4v) is 2.16. The lowest BCUT2D eigenvalue weighted by Gasteiger charge is -2.08. The number of benzene rings is 1. The quantitative estimate of drug-likeness (QED) is 0.900. The van der Waals surface area contributed by atoms with Gasteiger partial charge in [0.15, 0.2) is 0 Å². The van der Waals surface area contributed by atoms with Crippen molar-refractivity contribution in [2.75, 3.05) is 12.4 Å². The van der Waals surface area contributed by atoms with Crippen molar-refractivity contribution in [3.63, 3.8) is 0 Å². The Hall–Kier alpha value is -1.92. The maximum atomic E-state index is 12.0. The van der Waals surface area contributed by atoms with E-state index in [0.29, 0.717) is 23.7 Å². The van der Waals surface area contributed by atoms with E-state index in [1.54, 1.807) is 43.6 Å². The zero-order chi connectivity index (χ0) is 14.5. The molecule has 0 bridgehead atoms. The molecule has 0 saturated carbocycles. The number of amides is 1. The van der Waals surface area contributed by atoms with Gasteiger partial charge in [-0.1, -0.05) is 6.07 Å². The number of carbonyl (C=O) groups is 1. The van der Waals surface area contributed by atoms with E-state index in [0.717, 1.165) is 10.0 Å². The Bertz CT molecular complexity index is 614. The van der Waals surface area contributed by atoms with Gasteiger partial charge in [0.1, 0.15) is 11.4 Å². The third-order valence-corrected chi connectivity index (χ3v) is 3.32. The van der Waals surface area contributed by atoms with E-state index in [1.165, 1.54) is 0 Å². The molecule has 0 atom stereocenters. The zero-order valence-electron chi connectivity index (χ0n) is 10.9. The van der Waals surface area contributed by atoms with E-state index >= 15 is 0 Å². The minimum atomic E-state index is -0.273. The maximum Gasteiger partial charge on any atom is 0.274 e. The van der Waals surface area contributed by atoms with Crippen LogP contribution in [0.15, 0.2) is 41.0 Å². The Morgan fingerprint density at radius 1 is 1.40 bits per heavy atom. The average molecular weight is 336 g/mol. The largest absolute Gasteiger partial charge is 0.496 e. The van der Waals surface area contributed by atoms with Crippen LogP contribution in [0.1, 0.15) is 16.1 Å². The molecule has 0 unspecified atom stereocenters. The van der Waals surface area contributed by atoms with Crippen LogP contribution in [0.2, 0.25) is 0 Å². The first-order valence-corrected chi connectivity index (χ1v) is 6.73. The Kier molecular flexibility index (Phi) is 4.70. The molecule has 20 heavy (non-hydrogen) atoms. The number of methoxy groups -OCH3 is 1. The van der Waals surface area contributed by atoms with Crippen LogP contribution in [0.3, 0.4) is 0 Å². The van der Waals surface area contributed by atoms with Crippen LogP contribution in [0.25, 0.3) is 0 Å². The summed E-state index contributed by atoms with van der Waals surface area (Å²) < 4.78 is 5.90. The van der Waals surface area contributed by atoms with Crippen LogP contribution >= 0.6 is 15.9 Å².